The van der Waals surface area contributed by atoms with Gasteiger partial charge >= 0.3 is 0 Å². The molecule has 0 aliphatic rings. The molecule has 0 bridgehead atoms. The predicted molar refractivity (Wildman–Crippen MR) is 83.4 cm³/mol. The fourth-order valence-corrected chi connectivity index (χ4v) is 3.00. The smallest absolute Gasteiger partial charge is 0.137 e. The van der Waals surface area contributed by atoms with Crippen molar-refractivity contribution in [3.63, 3.8) is 0 Å². The van der Waals surface area contributed by atoms with Crippen molar-refractivity contribution in [2.45, 2.75) is 0 Å². The average molecular weight is 280 g/mol. The molecule has 1 N–H and O–H groups in total. The molecule has 1 aromatic heterocycles. The van der Waals surface area contributed by atoms with Gasteiger partial charge in [-0.1, -0.05) is 54.1 Å². The van der Waals surface area contributed by atoms with Crippen LogP contribution in [0.15, 0.2) is 54.6 Å². The number of para-hydroxylation sites is 1. The van der Waals surface area contributed by atoms with Crippen molar-refractivity contribution in [2.24, 2.45) is 0 Å². The van der Waals surface area contributed by atoms with Crippen molar-refractivity contribution in [2.75, 3.05) is 0 Å². The lowest BCUT2D eigenvalue weighted by Gasteiger charge is -2.10. The van der Waals surface area contributed by atoms with Crippen LogP contribution in [0, 0.1) is 0 Å². The Labute approximate surface area is 120 Å². The standard InChI is InChI=1S/C17H10ClNO/c18-17-13-9-15(20)10-5-1-2-6-11(10)16(13)12-7-3-4-8-14(12)19-17/h1-9,20H. The molecule has 0 fully saturated rings. The van der Waals surface area contributed by atoms with Crippen molar-refractivity contribution < 1.29 is 5.11 Å². The molecule has 0 saturated carbocycles. The molecule has 0 aliphatic carbocycles. The third kappa shape index (κ3) is 1.49. The van der Waals surface area contributed by atoms with Crippen LogP contribution in [-0.2, 0) is 0 Å². The van der Waals surface area contributed by atoms with E-state index in [1.54, 1.807) is 6.07 Å². The van der Waals surface area contributed by atoms with Gasteiger partial charge in [-0.2, -0.15) is 0 Å². The van der Waals surface area contributed by atoms with Crippen molar-refractivity contribution in [1.29, 1.82) is 0 Å². The van der Waals surface area contributed by atoms with Gasteiger partial charge in [-0.05, 0) is 17.5 Å². The number of phenols is 1. The largest absolute Gasteiger partial charge is 0.507 e. The fraction of sp³-hybridized carbons (Fsp3) is 0. The second kappa shape index (κ2) is 4.09. The van der Waals surface area contributed by atoms with Gasteiger partial charge in [0.1, 0.15) is 10.9 Å². The van der Waals surface area contributed by atoms with E-state index < -0.39 is 0 Å². The van der Waals surface area contributed by atoms with Crippen LogP contribution < -0.4 is 0 Å². The number of aromatic nitrogens is 1. The van der Waals surface area contributed by atoms with E-state index in [9.17, 15) is 5.11 Å². The topological polar surface area (TPSA) is 33.1 Å². The second-order valence-corrected chi connectivity index (χ2v) is 5.14. The number of halogens is 1. The summed E-state index contributed by atoms with van der Waals surface area (Å²) in [5.74, 6) is 0.229. The normalized spacial score (nSPS) is 11.4. The molecule has 20 heavy (non-hydrogen) atoms. The Balaban J connectivity index is 2.42. The molecule has 3 aromatic carbocycles. The molecule has 1 heterocycles. The molecule has 3 heteroatoms. The lowest BCUT2D eigenvalue weighted by molar-refractivity contribution is 0.482. The molecule has 0 atom stereocenters. The van der Waals surface area contributed by atoms with E-state index in [0.29, 0.717) is 5.15 Å². The summed E-state index contributed by atoms with van der Waals surface area (Å²) in [5, 5.41) is 15.3. The van der Waals surface area contributed by atoms with Gasteiger partial charge in [-0.3, -0.25) is 0 Å². The average Bonchev–Trinajstić information content (AvgIpc) is 2.48. The highest BCUT2D eigenvalue weighted by molar-refractivity contribution is 6.37. The monoisotopic (exact) mass is 279 g/mol. The maximum absolute atomic E-state index is 10.2. The number of pyridine rings is 1. The molecule has 0 unspecified atom stereocenters. The summed E-state index contributed by atoms with van der Waals surface area (Å²) in [6.07, 6.45) is 0. The Hall–Kier alpha value is -2.32. The molecular weight excluding hydrogens is 270 g/mol. The zero-order valence-electron chi connectivity index (χ0n) is 10.5. The number of fused-ring (bicyclic) bond motifs is 5. The molecule has 0 aliphatic heterocycles. The van der Waals surface area contributed by atoms with Crippen LogP contribution in [0.1, 0.15) is 0 Å². The minimum atomic E-state index is 0.229. The summed E-state index contributed by atoms with van der Waals surface area (Å²) in [6, 6.07) is 17.4. The highest BCUT2D eigenvalue weighted by Crippen LogP contribution is 2.38. The van der Waals surface area contributed by atoms with Crippen LogP contribution in [0.4, 0.5) is 0 Å². The first-order valence-corrected chi connectivity index (χ1v) is 6.72. The summed E-state index contributed by atoms with van der Waals surface area (Å²) in [6.45, 7) is 0. The van der Waals surface area contributed by atoms with E-state index in [0.717, 1.165) is 32.4 Å². The van der Waals surface area contributed by atoms with Crippen LogP contribution in [-0.4, -0.2) is 10.1 Å². The Morgan fingerprint density at radius 2 is 1.45 bits per heavy atom. The number of benzene rings is 3. The highest BCUT2D eigenvalue weighted by Gasteiger charge is 2.12. The van der Waals surface area contributed by atoms with Gasteiger partial charge in [0.05, 0.1) is 5.52 Å². The van der Waals surface area contributed by atoms with E-state index in [1.807, 2.05) is 48.5 Å². The van der Waals surface area contributed by atoms with E-state index in [2.05, 4.69) is 4.98 Å². The zero-order valence-corrected chi connectivity index (χ0v) is 11.2. The SMILES string of the molecule is Oc1cc2c(Cl)nc3ccccc3c2c2ccccc12. The number of nitrogens with zero attached hydrogens (tertiary/aromatic N) is 1. The number of hydrogen-bond donors (Lipinski definition) is 1. The molecule has 0 amide bonds. The molecule has 4 aromatic rings. The minimum Gasteiger partial charge on any atom is -0.507 e. The van der Waals surface area contributed by atoms with Crippen molar-refractivity contribution >= 4 is 44.0 Å². The van der Waals surface area contributed by atoms with Crippen LogP contribution >= 0.6 is 11.6 Å². The van der Waals surface area contributed by atoms with Crippen molar-refractivity contribution in [3.05, 3.63) is 59.8 Å². The van der Waals surface area contributed by atoms with Crippen LogP contribution in [0.5, 0.6) is 5.75 Å². The number of phenolic OH excluding ortho intramolecular Hbond substituents is 1. The van der Waals surface area contributed by atoms with Crippen molar-refractivity contribution in [3.8, 4) is 5.75 Å². The van der Waals surface area contributed by atoms with Gasteiger partial charge < -0.3 is 5.11 Å². The predicted octanol–water partition coefficient (Wildman–Crippen LogP) is 4.90. The maximum Gasteiger partial charge on any atom is 0.137 e. The Morgan fingerprint density at radius 1 is 0.800 bits per heavy atom. The van der Waals surface area contributed by atoms with Gasteiger partial charge in [0.15, 0.2) is 0 Å². The van der Waals surface area contributed by atoms with Crippen molar-refractivity contribution in [1.82, 2.24) is 4.98 Å². The number of hydrogen-bond acceptors (Lipinski definition) is 2. The first-order valence-electron chi connectivity index (χ1n) is 6.34. The second-order valence-electron chi connectivity index (χ2n) is 4.78. The first kappa shape index (κ1) is 11.5. The van der Waals surface area contributed by atoms with Gasteiger partial charge in [-0.15, -0.1) is 0 Å². The van der Waals surface area contributed by atoms with E-state index in [4.69, 9.17) is 11.6 Å². The van der Waals surface area contributed by atoms with E-state index in [-0.39, 0.29) is 5.75 Å². The highest BCUT2D eigenvalue weighted by atomic mass is 35.5. The lowest BCUT2D eigenvalue weighted by Crippen LogP contribution is -1.86. The summed E-state index contributed by atoms with van der Waals surface area (Å²) in [7, 11) is 0. The molecule has 0 radical (unpaired) electrons. The number of rotatable bonds is 0. The molecule has 0 saturated heterocycles. The third-order valence-electron chi connectivity index (χ3n) is 3.64. The van der Waals surface area contributed by atoms with Crippen LogP contribution in [0.3, 0.4) is 0 Å². The Morgan fingerprint density at radius 3 is 2.25 bits per heavy atom. The molecule has 4 rings (SSSR count). The Bertz CT molecular complexity index is 979. The third-order valence-corrected chi connectivity index (χ3v) is 3.93. The summed E-state index contributed by atoms with van der Waals surface area (Å²) < 4.78 is 0. The van der Waals surface area contributed by atoms with Gasteiger partial charge in [0.2, 0.25) is 0 Å². The molecule has 0 spiro atoms. The van der Waals surface area contributed by atoms with Gasteiger partial charge in [-0.25, -0.2) is 4.98 Å². The summed E-state index contributed by atoms with van der Waals surface area (Å²) in [4.78, 5) is 4.41. The summed E-state index contributed by atoms with van der Waals surface area (Å²) in [5.41, 5.74) is 0.862. The van der Waals surface area contributed by atoms with Gasteiger partial charge in [0.25, 0.3) is 0 Å². The Kier molecular flexibility index (Phi) is 2.35. The molecule has 96 valence electrons. The minimum absolute atomic E-state index is 0.229. The van der Waals surface area contributed by atoms with Gasteiger partial charge in [0, 0.05) is 21.5 Å². The quantitative estimate of drug-likeness (QED) is 0.367. The maximum atomic E-state index is 10.2. The van der Waals surface area contributed by atoms with E-state index >= 15 is 0 Å². The van der Waals surface area contributed by atoms with E-state index in [1.165, 1.54) is 0 Å². The number of aromatic hydroxyl groups is 1. The molecular formula is C17H10ClNO. The molecule has 2 nitrogen and oxygen atoms in total. The van der Waals surface area contributed by atoms with Crippen LogP contribution in [0.25, 0.3) is 32.4 Å². The summed E-state index contributed by atoms with van der Waals surface area (Å²) >= 11 is 6.29. The first-order chi connectivity index (χ1) is 9.75. The lowest BCUT2D eigenvalue weighted by atomic mass is 9.99. The zero-order chi connectivity index (χ0) is 13.7. The fourth-order valence-electron chi connectivity index (χ4n) is 2.76. The van der Waals surface area contributed by atoms with Crippen LogP contribution in [0.2, 0.25) is 5.15 Å².